The molecule has 0 aromatic heterocycles. The summed E-state index contributed by atoms with van der Waals surface area (Å²) in [5, 5.41) is 13.6. The fourth-order valence-electron chi connectivity index (χ4n) is 3.60. The number of anilines is 2. The van der Waals surface area contributed by atoms with E-state index in [0.717, 1.165) is 12.0 Å². The Hall–Kier alpha value is -4.07. The molecule has 0 atom stereocenters. The predicted octanol–water partition coefficient (Wildman–Crippen LogP) is 4.58. The van der Waals surface area contributed by atoms with Gasteiger partial charge in [0.2, 0.25) is 0 Å². The SMILES string of the molecule is O=C(Nc1cccc([N+](=O)[O-])c1)c1ccc2c(c1)CCCN2C(=O)c1ccc(F)cc1. The molecule has 2 amide bonds. The molecule has 0 saturated carbocycles. The number of carbonyl (C=O) groups excluding carboxylic acids is 2. The number of hydrogen-bond acceptors (Lipinski definition) is 4. The van der Waals surface area contributed by atoms with Crippen LogP contribution in [0.15, 0.2) is 66.7 Å². The van der Waals surface area contributed by atoms with Gasteiger partial charge >= 0.3 is 0 Å². The van der Waals surface area contributed by atoms with Crippen LogP contribution in [0.4, 0.5) is 21.5 Å². The summed E-state index contributed by atoms with van der Waals surface area (Å²) in [6.07, 6.45) is 1.44. The summed E-state index contributed by atoms with van der Waals surface area (Å²) in [7, 11) is 0. The molecule has 1 aliphatic heterocycles. The van der Waals surface area contributed by atoms with Crippen LogP contribution in [0.5, 0.6) is 0 Å². The largest absolute Gasteiger partial charge is 0.322 e. The molecule has 8 heteroatoms. The number of rotatable bonds is 4. The van der Waals surface area contributed by atoms with Gasteiger partial charge in [0.25, 0.3) is 17.5 Å². The molecular formula is C23H18FN3O4. The molecule has 3 aromatic rings. The lowest BCUT2D eigenvalue weighted by Gasteiger charge is -2.30. The Kier molecular flexibility index (Phi) is 5.44. The number of hydrogen-bond donors (Lipinski definition) is 1. The molecular weight excluding hydrogens is 401 g/mol. The standard InChI is InChI=1S/C23H18FN3O4/c24-18-9-6-15(7-10-18)23(29)26-12-2-3-16-13-17(8-11-21(16)26)22(28)25-19-4-1-5-20(14-19)27(30)31/h1,4-11,13-14H,2-3,12H2,(H,25,28). The zero-order chi connectivity index (χ0) is 22.0. The number of nitrogens with one attached hydrogen (secondary N) is 1. The van der Waals surface area contributed by atoms with E-state index >= 15 is 0 Å². The van der Waals surface area contributed by atoms with Gasteiger partial charge in [-0.2, -0.15) is 0 Å². The molecule has 31 heavy (non-hydrogen) atoms. The zero-order valence-electron chi connectivity index (χ0n) is 16.4. The van der Waals surface area contributed by atoms with Crippen molar-refractivity contribution in [3.8, 4) is 0 Å². The summed E-state index contributed by atoms with van der Waals surface area (Å²) in [4.78, 5) is 37.6. The maximum absolute atomic E-state index is 13.2. The molecule has 7 nitrogen and oxygen atoms in total. The molecule has 0 bridgehead atoms. The predicted molar refractivity (Wildman–Crippen MR) is 114 cm³/mol. The van der Waals surface area contributed by atoms with Crippen LogP contribution in [0.25, 0.3) is 0 Å². The first-order valence-electron chi connectivity index (χ1n) is 9.68. The van der Waals surface area contributed by atoms with Gasteiger partial charge in [0.05, 0.1) is 4.92 Å². The summed E-state index contributed by atoms with van der Waals surface area (Å²) in [6.45, 7) is 0.530. The Balaban J connectivity index is 1.56. The molecule has 1 aliphatic rings. The van der Waals surface area contributed by atoms with Crippen LogP contribution in [0.1, 0.15) is 32.7 Å². The maximum atomic E-state index is 13.2. The van der Waals surface area contributed by atoms with Crippen LogP contribution in [0, 0.1) is 15.9 Å². The lowest BCUT2D eigenvalue weighted by Crippen LogP contribution is -2.35. The van der Waals surface area contributed by atoms with Gasteiger partial charge in [-0.05, 0) is 66.9 Å². The molecule has 0 radical (unpaired) electrons. The van der Waals surface area contributed by atoms with E-state index in [9.17, 15) is 24.1 Å². The average molecular weight is 419 g/mol. The number of nitro benzene ring substituents is 1. The van der Waals surface area contributed by atoms with Crippen molar-refractivity contribution in [2.24, 2.45) is 0 Å². The fraction of sp³-hybridized carbons (Fsp3) is 0.130. The molecule has 0 spiro atoms. The Labute approximate surface area is 177 Å². The van der Waals surface area contributed by atoms with Crippen molar-refractivity contribution in [3.05, 3.63) is 99.4 Å². The number of carbonyl (C=O) groups is 2. The fourth-order valence-corrected chi connectivity index (χ4v) is 3.60. The summed E-state index contributed by atoms with van der Waals surface area (Å²) < 4.78 is 13.2. The van der Waals surface area contributed by atoms with E-state index in [1.54, 1.807) is 29.2 Å². The topological polar surface area (TPSA) is 92.5 Å². The highest BCUT2D eigenvalue weighted by atomic mass is 19.1. The summed E-state index contributed by atoms with van der Waals surface area (Å²) in [5.74, 6) is -1.03. The number of halogens is 1. The smallest absolute Gasteiger partial charge is 0.271 e. The second-order valence-corrected chi connectivity index (χ2v) is 7.17. The van der Waals surface area contributed by atoms with Crippen LogP contribution in [0.2, 0.25) is 0 Å². The molecule has 0 aliphatic carbocycles. The van der Waals surface area contributed by atoms with E-state index < -0.39 is 16.6 Å². The number of aryl methyl sites for hydroxylation is 1. The maximum Gasteiger partial charge on any atom is 0.271 e. The van der Waals surface area contributed by atoms with Gasteiger partial charge in [-0.3, -0.25) is 19.7 Å². The Morgan fingerprint density at radius 2 is 1.74 bits per heavy atom. The molecule has 1 heterocycles. The van der Waals surface area contributed by atoms with Crippen molar-refractivity contribution < 1.29 is 18.9 Å². The normalized spacial score (nSPS) is 12.7. The third-order valence-electron chi connectivity index (χ3n) is 5.11. The molecule has 0 unspecified atom stereocenters. The monoisotopic (exact) mass is 419 g/mol. The highest BCUT2D eigenvalue weighted by Crippen LogP contribution is 2.30. The third kappa shape index (κ3) is 4.28. The van der Waals surface area contributed by atoms with Crippen molar-refractivity contribution in [3.63, 3.8) is 0 Å². The third-order valence-corrected chi connectivity index (χ3v) is 5.11. The first-order chi connectivity index (χ1) is 14.9. The first kappa shape index (κ1) is 20.2. The van der Waals surface area contributed by atoms with Crippen molar-refractivity contribution in [2.75, 3.05) is 16.8 Å². The Morgan fingerprint density at radius 1 is 1.00 bits per heavy atom. The van der Waals surface area contributed by atoms with Gasteiger partial charge in [-0.1, -0.05) is 6.07 Å². The number of nitrogens with zero attached hydrogens (tertiary/aromatic N) is 2. The Bertz CT molecular complexity index is 1180. The second-order valence-electron chi connectivity index (χ2n) is 7.17. The molecule has 4 rings (SSSR count). The van der Waals surface area contributed by atoms with Crippen molar-refractivity contribution >= 4 is 28.9 Å². The van der Waals surface area contributed by atoms with Crippen LogP contribution in [0.3, 0.4) is 0 Å². The molecule has 1 N–H and O–H groups in total. The highest BCUT2D eigenvalue weighted by molar-refractivity contribution is 6.08. The number of nitro groups is 1. The van der Waals surface area contributed by atoms with Crippen molar-refractivity contribution in [2.45, 2.75) is 12.8 Å². The summed E-state index contributed by atoms with van der Waals surface area (Å²) in [6, 6.07) is 16.2. The lowest BCUT2D eigenvalue weighted by molar-refractivity contribution is -0.384. The van der Waals surface area contributed by atoms with E-state index in [4.69, 9.17) is 0 Å². The van der Waals surface area contributed by atoms with Gasteiger partial charge in [-0.15, -0.1) is 0 Å². The number of non-ortho nitro benzene ring substituents is 1. The number of benzene rings is 3. The van der Waals surface area contributed by atoms with Gasteiger partial charge < -0.3 is 10.2 Å². The zero-order valence-corrected chi connectivity index (χ0v) is 16.4. The molecule has 3 aromatic carbocycles. The van der Waals surface area contributed by atoms with Gasteiger partial charge in [0.1, 0.15) is 5.82 Å². The van der Waals surface area contributed by atoms with Gasteiger partial charge in [0.15, 0.2) is 0 Å². The van der Waals surface area contributed by atoms with Gasteiger partial charge in [0, 0.05) is 41.2 Å². The minimum atomic E-state index is -0.527. The van der Waals surface area contributed by atoms with E-state index in [0.29, 0.717) is 35.5 Å². The van der Waals surface area contributed by atoms with Gasteiger partial charge in [-0.25, -0.2) is 4.39 Å². The van der Waals surface area contributed by atoms with E-state index in [1.165, 1.54) is 42.5 Å². The highest BCUT2D eigenvalue weighted by Gasteiger charge is 2.24. The van der Waals surface area contributed by atoms with Crippen LogP contribution in [-0.2, 0) is 6.42 Å². The molecule has 156 valence electrons. The van der Waals surface area contributed by atoms with E-state index in [1.807, 2.05) is 0 Å². The summed E-state index contributed by atoms with van der Waals surface area (Å²) in [5.41, 5.74) is 2.56. The van der Waals surface area contributed by atoms with Crippen LogP contribution < -0.4 is 10.2 Å². The lowest BCUT2D eigenvalue weighted by atomic mass is 9.98. The number of amides is 2. The van der Waals surface area contributed by atoms with Crippen molar-refractivity contribution in [1.82, 2.24) is 0 Å². The van der Waals surface area contributed by atoms with Crippen LogP contribution >= 0.6 is 0 Å². The second kappa shape index (κ2) is 8.35. The molecule has 0 fully saturated rings. The summed E-state index contributed by atoms with van der Waals surface area (Å²) >= 11 is 0. The van der Waals surface area contributed by atoms with Crippen LogP contribution in [-0.4, -0.2) is 23.3 Å². The molecule has 0 saturated heterocycles. The van der Waals surface area contributed by atoms with Crippen molar-refractivity contribution in [1.29, 1.82) is 0 Å². The minimum Gasteiger partial charge on any atom is -0.322 e. The quantitative estimate of drug-likeness (QED) is 0.495. The van der Waals surface area contributed by atoms with E-state index in [2.05, 4.69) is 5.32 Å². The van der Waals surface area contributed by atoms with E-state index in [-0.39, 0.29) is 11.6 Å². The average Bonchev–Trinajstić information content (AvgIpc) is 2.78. The number of fused-ring (bicyclic) bond motifs is 1. The minimum absolute atomic E-state index is 0.113. The Morgan fingerprint density at radius 3 is 2.48 bits per heavy atom. The first-order valence-corrected chi connectivity index (χ1v) is 9.68.